The number of aromatic carboxylic acids is 1. The fraction of sp³-hybridized carbons (Fsp3) is 0. The van der Waals surface area contributed by atoms with Crippen molar-refractivity contribution in [3.05, 3.63) is 101 Å². The predicted octanol–water partition coefficient (Wildman–Crippen LogP) is 4.81. The first-order chi connectivity index (χ1) is 12.6. The Morgan fingerprint density at radius 3 is 2.08 bits per heavy atom. The van der Waals surface area contributed by atoms with Crippen molar-refractivity contribution in [3.63, 3.8) is 0 Å². The number of para-hydroxylation sites is 1. The molecule has 0 aliphatic carbocycles. The van der Waals surface area contributed by atoms with Gasteiger partial charge in [-0.05, 0) is 41.5 Å². The van der Waals surface area contributed by atoms with Crippen molar-refractivity contribution in [1.82, 2.24) is 0 Å². The van der Waals surface area contributed by atoms with Crippen LogP contribution in [0.5, 0.6) is 0 Å². The second-order valence-corrected chi connectivity index (χ2v) is 5.67. The Balaban J connectivity index is 1.78. The number of carbonyl (C=O) groups excluding carboxylic acids is 1. The molecule has 3 aromatic carbocycles. The number of carboxylic acid groups (broad SMARTS) is 1. The highest BCUT2D eigenvalue weighted by atomic mass is 16.4. The molecule has 0 heterocycles. The fourth-order valence-electron chi connectivity index (χ4n) is 2.46. The first-order valence-electron chi connectivity index (χ1n) is 8.10. The molecular weight excluding hydrogens is 326 g/mol. The summed E-state index contributed by atoms with van der Waals surface area (Å²) in [4.78, 5) is 23.2. The van der Waals surface area contributed by atoms with E-state index in [-0.39, 0.29) is 11.5 Å². The number of carboxylic acids is 1. The van der Waals surface area contributed by atoms with E-state index >= 15 is 0 Å². The van der Waals surface area contributed by atoms with Crippen molar-refractivity contribution in [1.29, 1.82) is 0 Å². The molecule has 0 radical (unpaired) electrons. The number of rotatable bonds is 5. The van der Waals surface area contributed by atoms with Gasteiger partial charge in [0.2, 0.25) is 0 Å². The van der Waals surface area contributed by atoms with Crippen LogP contribution >= 0.6 is 0 Å². The third-order valence-corrected chi connectivity index (χ3v) is 3.86. The van der Waals surface area contributed by atoms with Crippen LogP contribution < -0.4 is 5.32 Å². The van der Waals surface area contributed by atoms with Gasteiger partial charge in [0, 0.05) is 11.3 Å². The molecule has 0 aliphatic rings. The zero-order valence-corrected chi connectivity index (χ0v) is 13.9. The largest absolute Gasteiger partial charge is 0.478 e. The van der Waals surface area contributed by atoms with Gasteiger partial charge in [-0.15, -0.1) is 0 Å². The maximum atomic E-state index is 12.4. The smallest absolute Gasteiger partial charge is 0.335 e. The van der Waals surface area contributed by atoms with Crippen LogP contribution in [0.25, 0.3) is 12.2 Å². The van der Waals surface area contributed by atoms with Crippen LogP contribution in [-0.2, 0) is 0 Å². The summed E-state index contributed by atoms with van der Waals surface area (Å²) in [5.41, 5.74) is 3.28. The zero-order valence-electron chi connectivity index (χ0n) is 13.9. The van der Waals surface area contributed by atoms with Crippen LogP contribution in [0.2, 0.25) is 0 Å². The average molecular weight is 343 g/mol. The van der Waals surface area contributed by atoms with Crippen LogP contribution in [0.4, 0.5) is 5.69 Å². The summed E-state index contributed by atoms with van der Waals surface area (Å²) in [5, 5.41) is 11.9. The minimum absolute atomic E-state index is 0.169. The zero-order chi connectivity index (χ0) is 18.4. The van der Waals surface area contributed by atoms with Crippen LogP contribution in [0.1, 0.15) is 31.8 Å². The number of hydrogen-bond acceptors (Lipinski definition) is 2. The molecule has 0 saturated heterocycles. The molecule has 4 heteroatoms. The molecule has 0 fully saturated rings. The topological polar surface area (TPSA) is 66.4 Å². The number of benzene rings is 3. The maximum absolute atomic E-state index is 12.4. The molecule has 0 aliphatic heterocycles. The van der Waals surface area contributed by atoms with Gasteiger partial charge < -0.3 is 10.4 Å². The Morgan fingerprint density at radius 2 is 1.38 bits per heavy atom. The van der Waals surface area contributed by atoms with Crippen molar-refractivity contribution in [2.24, 2.45) is 0 Å². The Hall–Kier alpha value is -3.66. The monoisotopic (exact) mass is 343 g/mol. The molecule has 0 spiro atoms. The quantitative estimate of drug-likeness (QED) is 0.654. The number of carbonyl (C=O) groups is 2. The minimum Gasteiger partial charge on any atom is -0.478 e. The summed E-state index contributed by atoms with van der Waals surface area (Å²) in [7, 11) is 0. The molecule has 2 N–H and O–H groups in total. The van der Waals surface area contributed by atoms with Crippen LogP contribution in [0, 0.1) is 0 Å². The molecule has 0 saturated carbocycles. The molecule has 0 atom stereocenters. The fourth-order valence-corrected chi connectivity index (χ4v) is 2.46. The molecule has 128 valence electrons. The second kappa shape index (κ2) is 7.94. The lowest BCUT2D eigenvalue weighted by Crippen LogP contribution is -2.12. The predicted molar refractivity (Wildman–Crippen MR) is 103 cm³/mol. The standard InChI is InChI=1S/C22H17NO3/c24-21(18-7-2-1-3-8-18)23-20-9-5-4-6-17(20)13-10-16-11-14-19(15-12-16)22(25)26/h1-15H,(H,23,24)(H,25,26). The van der Waals surface area contributed by atoms with E-state index in [4.69, 9.17) is 5.11 Å². The van der Waals surface area contributed by atoms with Crippen molar-refractivity contribution in [2.45, 2.75) is 0 Å². The first-order valence-corrected chi connectivity index (χ1v) is 8.10. The van der Waals surface area contributed by atoms with E-state index in [0.717, 1.165) is 11.1 Å². The lowest BCUT2D eigenvalue weighted by atomic mass is 10.1. The van der Waals surface area contributed by atoms with E-state index in [2.05, 4.69) is 5.32 Å². The van der Waals surface area contributed by atoms with E-state index in [1.165, 1.54) is 0 Å². The lowest BCUT2D eigenvalue weighted by molar-refractivity contribution is 0.0696. The van der Waals surface area contributed by atoms with E-state index in [1.54, 1.807) is 36.4 Å². The third kappa shape index (κ3) is 4.24. The second-order valence-electron chi connectivity index (χ2n) is 5.67. The first kappa shape index (κ1) is 17.2. The number of hydrogen-bond donors (Lipinski definition) is 2. The van der Waals surface area contributed by atoms with Crippen molar-refractivity contribution in [3.8, 4) is 0 Å². The van der Waals surface area contributed by atoms with Gasteiger partial charge in [-0.1, -0.05) is 60.7 Å². The summed E-state index contributed by atoms with van der Waals surface area (Å²) in [6.07, 6.45) is 3.76. The molecule has 26 heavy (non-hydrogen) atoms. The summed E-state index contributed by atoms with van der Waals surface area (Å²) >= 11 is 0. The molecule has 3 rings (SSSR count). The Kier molecular flexibility index (Phi) is 5.25. The normalized spacial score (nSPS) is 10.6. The molecular formula is C22H17NO3. The minimum atomic E-state index is -0.950. The summed E-state index contributed by atoms with van der Waals surface area (Å²) < 4.78 is 0. The van der Waals surface area contributed by atoms with E-state index < -0.39 is 5.97 Å². The average Bonchev–Trinajstić information content (AvgIpc) is 2.68. The van der Waals surface area contributed by atoms with E-state index in [0.29, 0.717) is 11.3 Å². The number of anilines is 1. The Labute approximate surface area is 151 Å². The third-order valence-electron chi connectivity index (χ3n) is 3.86. The Morgan fingerprint density at radius 1 is 0.731 bits per heavy atom. The SMILES string of the molecule is O=C(O)c1ccc(C=Cc2ccccc2NC(=O)c2ccccc2)cc1. The summed E-state index contributed by atoms with van der Waals surface area (Å²) in [6, 6.07) is 23.1. The summed E-state index contributed by atoms with van der Waals surface area (Å²) in [5.74, 6) is -1.12. The number of nitrogens with one attached hydrogen (secondary N) is 1. The van der Waals surface area contributed by atoms with Gasteiger partial charge in [0.25, 0.3) is 5.91 Å². The molecule has 0 unspecified atom stereocenters. The molecule has 0 aromatic heterocycles. The van der Waals surface area contributed by atoms with Gasteiger partial charge in [-0.25, -0.2) is 4.79 Å². The highest BCUT2D eigenvalue weighted by Gasteiger charge is 2.07. The van der Waals surface area contributed by atoms with Crippen LogP contribution in [-0.4, -0.2) is 17.0 Å². The van der Waals surface area contributed by atoms with Gasteiger partial charge in [0.05, 0.1) is 5.56 Å². The number of amides is 1. The highest BCUT2D eigenvalue weighted by molar-refractivity contribution is 6.05. The van der Waals surface area contributed by atoms with E-state index in [9.17, 15) is 9.59 Å². The van der Waals surface area contributed by atoms with Crippen LogP contribution in [0.3, 0.4) is 0 Å². The molecule has 0 bridgehead atoms. The highest BCUT2D eigenvalue weighted by Crippen LogP contribution is 2.19. The van der Waals surface area contributed by atoms with Crippen LogP contribution in [0.15, 0.2) is 78.9 Å². The summed E-state index contributed by atoms with van der Waals surface area (Å²) in [6.45, 7) is 0. The lowest BCUT2D eigenvalue weighted by Gasteiger charge is -2.08. The van der Waals surface area contributed by atoms with Gasteiger partial charge in [-0.3, -0.25) is 4.79 Å². The Bertz CT molecular complexity index is 945. The molecule has 4 nitrogen and oxygen atoms in total. The van der Waals surface area contributed by atoms with Crippen molar-refractivity contribution in [2.75, 3.05) is 5.32 Å². The van der Waals surface area contributed by atoms with Crippen molar-refractivity contribution < 1.29 is 14.7 Å². The molecule has 1 amide bonds. The van der Waals surface area contributed by atoms with Gasteiger partial charge in [0.15, 0.2) is 0 Å². The maximum Gasteiger partial charge on any atom is 0.335 e. The van der Waals surface area contributed by atoms with E-state index in [1.807, 2.05) is 54.6 Å². The van der Waals surface area contributed by atoms with Gasteiger partial charge in [-0.2, -0.15) is 0 Å². The molecule has 3 aromatic rings. The van der Waals surface area contributed by atoms with Gasteiger partial charge >= 0.3 is 5.97 Å². The van der Waals surface area contributed by atoms with Gasteiger partial charge in [0.1, 0.15) is 0 Å². The van der Waals surface area contributed by atoms with Crippen molar-refractivity contribution >= 4 is 29.7 Å².